The standard InChI is InChI=1S/C26H29N5O5S2/c1-26(2,3)36-20-10-8-18(9-11-20)15-22(25(32)35-4)31-17-19(29-30-31)16-28-38(33,34)24-13-12-23(37-24)21-7-5-6-14-27-21/h5-14,17,22,28H,15-16H2,1-4H3. The van der Waals surface area contributed by atoms with Crippen LogP contribution >= 0.6 is 11.3 Å². The van der Waals surface area contributed by atoms with Crippen LogP contribution in [0.5, 0.6) is 5.75 Å². The van der Waals surface area contributed by atoms with E-state index in [-0.39, 0.29) is 16.4 Å². The monoisotopic (exact) mass is 555 g/mol. The molecule has 0 spiro atoms. The van der Waals surface area contributed by atoms with Gasteiger partial charge >= 0.3 is 5.97 Å². The van der Waals surface area contributed by atoms with Crippen LogP contribution in [0.15, 0.2) is 71.2 Å². The maximum atomic E-state index is 12.8. The number of methoxy groups -OCH3 is 1. The van der Waals surface area contributed by atoms with Crippen molar-refractivity contribution in [2.45, 2.75) is 49.6 Å². The van der Waals surface area contributed by atoms with Gasteiger partial charge in [-0.15, -0.1) is 16.4 Å². The first kappa shape index (κ1) is 27.4. The van der Waals surface area contributed by atoms with Crippen molar-refractivity contribution in [3.63, 3.8) is 0 Å². The maximum Gasteiger partial charge on any atom is 0.331 e. The predicted molar refractivity (Wildman–Crippen MR) is 143 cm³/mol. The average Bonchev–Trinajstić information content (AvgIpc) is 3.57. The van der Waals surface area contributed by atoms with Crippen LogP contribution in [-0.2, 0) is 32.5 Å². The number of nitrogens with zero attached hydrogens (tertiary/aromatic N) is 4. The second kappa shape index (κ2) is 11.4. The third-order valence-electron chi connectivity index (χ3n) is 5.33. The summed E-state index contributed by atoms with van der Waals surface area (Å²) in [7, 11) is -2.48. The second-order valence-corrected chi connectivity index (χ2v) is 12.5. The number of esters is 1. The van der Waals surface area contributed by atoms with Gasteiger partial charge in [0.15, 0.2) is 6.04 Å². The van der Waals surface area contributed by atoms with Crippen LogP contribution in [-0.4, -0.2) is 47.1 Å². The number of sulfonamides is 1. The van der Waals surface area contributed by atoms with Crippen molar-refractivity contribution in [2.24, 2.45) is 0 Å². The summed E-state index contributed by atoms with van der Waals surface area (Å²) in [6.45, 7) is 5.81. The number of benzene rings is 1. The molecule has 38 heavy (non-hydrogen) atoms. The summed E-state index contributed by atoms with van der Waals surface area (Å²) < 4.78 is 40.6. The Bertz CT molecular complexity index is 1480. The third-order valence-corrected chi connectivity index (χ3v) is 8.33. The van der Waals surface area contributed by atoms with Crippen LogP contribution in [0.2, 0.25) is 0 Å². The van der Waals surface area contributed by atoms with Crippen LogP contribution in [0.4, 0.5) is 0 Å². The Morgan fingerprint density at radius 2 is 1.87 bits per heavy atom. The highest BCUT2D eigenvalue weighted by molar-refractivity contribution is 7.91. The molecule has 0 aliphatic rings. The minimum Gasteiger partial charge on any atom is -0.488 e. The largest absolute Gasteiger partial charge is 0.488 e. The Morgan fingerprint density at radius 1 is 1.11 bits per heavy atom. The smallest absolute Gasteiger partial charge is 0.331 e. The zero-order valence-electron chi connectivity index (χ0n) is 21.5. The van der Waals surface area contributed by atoms with Gasteiger partial charge in [0.05, 0.1) is 36.1 Å². The highest BCUT2D eigenvalue weighted by atomic mass is 32.2. The molecule has 4 rings (SSSR count). The summed E-state index contributed by atoms with van der Waals surface area (Å²) in [6, 6.07) is 15.4. The maximum absolute atomic E-state index is 12.8. The van der Waals surface area contributed by atoms with Crippen molar-refractivity contribution >= 4 is 27.3 Å². The number of pyridine rings is 1. The van der Waals surface area contributed by atoms with Crippen molar-refractivity contribution < 1.29 is 22.7 Å². The van der Waals surface area contributed by atoms with Crippen LogP contribution in [0.3, 0.4) is 0 Å². The molecule has 0 aliphatic heterocycles. The van der Waals surface area contributed by atoms with Crippen LogP contribution in [0, 0.1) is 0 Å². The first-order valence-electron chi connectivity index (χ1n) is 11.8. The minimum atomic E-state index is -3.78. The van der Waals surface area contributed by atoms with E-state index in [9.17, 15) is 13.2 Å². The van der Waals surface area contributed by atoms with Crippen molar-refractivity contribution in [1.29, 1.82) is 0 Å². The van der Waals surface area contributed by atoms with Gasteiger partial charge in [-0.05, 0) is 62.7 Å². The number of nitrogens with one attached hydrogen (secondary N) is 1. The number of rotatable bonds is 10. The minimum absolute atomic E-state index is 0.0914. The van der Waals surface area contributed by atoms with Crippen LogP contribution < -0.4 is 9.46 Å². The van der Waals surface area contributed by atoms with Crippen molar-refractivity contribution in [1.82, 2.24) is 24.7 Å². The van der Waals surface area contributed by atoms with Gasteiger partial charge < -0.3 is 9.47 Å². The molecule has 0 saturated heterocycles. The summed E-state index contributed by atoms with van der Waals surface area (Å²) in [4.78, 5) is 17.6. The average molecular weight is 556 g/mol. The van der Waals surface area contributed by atoms with E-state index in [1.165, 1.54) is 18.0 Å². The van der Waals surface area contributed by atoms with E-state index in [4.69, 9.17) is 9.47 Å². The molecule has 0 radical (unpaired) electrons. The normalized spacial score (nSPS) is 12.7. The molecule has 1 N–H and O–H groups in total. The molecule has 10 nitrogen and oxygen atoms in total. The highest BCUT2D eigenvalue weighted by Gasteiger charge is 2.25. The van der Waals surface area contributed by atoms with Crippen LogP contribution in [0.25, 0.3) is 10.6 Å². The summed E-state index contributed by atoms with van der Waals surface area (Å²) in [5.74, 6) is 0.238. The molecule has 0 fully saturated rings. The molecular weight excluding hydrogens is 526 g/mol. The molecule has 0 bridgehead atoms. The summed E-state index contributed by atoms with van der Waals surface area (Å²) in [6.07, 6.45) is 3.50. The fraction of sp³-hybridized carbons (Fsp3) is 0.308. The molecular formula is C26H29N5O5S2. The lowest BCUT2D eigenvalue weighted by molar-refractivity contribution is -0.144. The SMILES string of the molecule is COC(=O)C(Cc1ccc(OC(C)(C)C)cc1)n1cc(CNS(=O)(=O)c2ccc(-c3ccccn3)s2)nn1. The molecule has 4 aromatic rings. The summed E-state index contributed by atoms with van der Waals surface area (Å²) >= 11 is 1.13. The first-order chi connectivity index (χ1) is 18.0. The Hall–Kier alpha value is -3.61. The number of hydrogen-bond donors (Lipinski definition) is 1. The number of thiophene rings is 1. The van der Waals surface area contributed by atoms with E-state index in [1.54, 1.807) is 24.4 Å². The Balaban J connectivity index is 1.43. The lowest BCUT2D eigenvalue weighted by atomic mass is 10.1. The molecule has 0 saturated carbocycles. The molecule has 0 amide bonds. The van der Waals surface area contributed by atoms with Gasteiger partial charge in [0.25, 0.3) is 0 Å². The molecule has 3 aromatic heterocycles. The van der Waals surface area contributed by atoms with E-state index in [0.717, 1.165) is 27.5 Å². The lowest BCUT2D eigenvalue weighted by Gasteiger charge is -2.21. The zero-order valence-corrected chi connectivity index (χ0v) is 23.1. The molecule has 0 aliphatic carbocycles. The van der Waals surface area contributed by atoms with Crippen molar-refractivity contribution in [3.8, 4) is 16.3 Å². The van der Waals surface area contributed by atoms with Gasteiger partial charge in [0, 0.05) is 12.6 Å². The topological polar surface area (TPSA) is 125 Å². The van der Waals surface area contributed by atoms with E-state index in [0.29, 0.717) is 17.8 Å². The number of ether oxygens (including phenoxy) is 2. The molecule has 1 unspecified atom stereocenters. The van der Waals surface area contributed by atoms with E-state index >= 15 is 0 Å². The predicted octanol–water partition coefficient (Wildman–Crippen LogP) is 4.01. The second-order valence-electron chi connectivity index (χ2n) is 9.45. The van der Waals surface area contributed by atoms with Crippen LogP contribution in [0.1, 0.15) is 38.1 Å². The molecule has 200 valence electrons. The fourth-order valence-corrected chi connectivity index (χ4v) is 5.92. The van der Waals surface area contributed by atoms with Gasteiger partial charge in [-0.2, -0.15) is 0 Å². The first-order valence-corrected chi connectivity index (χ1v) is 14.1. The third kappa shape index (κ3) is 7.03. The Morgan fingerprint density at radius 3 is 2.53 bits per heavy atom. The number of aromatic nitrogens is 4. The number of carbonyl (C=O) groups is 1. The van der Waals surface area contributed by atoms with Gasteiger partial charge in [0.2, 0.25) is 10.0 Å². The van der Waals surface area contributed by atoms with Gasteiger partial charge in [-0.1, -0.05) is 23.4 Å². The zero-order chi connectivity index (χ0) is 27.3. The van der Waals surface area contributed by atoms with Crippen molar-refractivity contribution in [2.75, 3.05) is 7.11 Å². The molecule has 3 heterocycles. The molecule has 1 aromatic carbocycles. The number of hydrogen-bond acceptors (Lipinski definition) is 9. The van der Waals surface area contributed by atoms with Gasteiger partial charge in [-0.3, -0.25) is 4.98 Å². The van der Waals surface area contributed by atoms with Gasteiger partial charge in [-0.25, -0.2) is 22.6 Å². The Kier molecular flexibility index (Phi) is 8.24. The molecule has 12 heteroatoms. The fourth-order valence-electron chi connectivity index (χ4n) is 3.59. The summed E-state index contributed by atoms with van der Waals surface area (Å²) in [5, 5.41) is 8.12. The van der Waals surface area contributed by atoms with Gasteiger partial charge in [0.1, 0.15) is 15.6 Å². The van der Waals surface area contributed by atoms with E-state index in [2.05, 4.69) is 20.0 Å². The highest BCUT2D eigenvalue weighted by Crippen LogP contribution is 2.29. The Labute approximate surface area is 225 Å². The quantitative estimate of drug-likeness (QED) is 0.291. The van der Waals surface area contributed by atoms with Crippen molar-refractivity contribution in [3.05, 3.63) is 78.2 Å². The van der Waals surface area contributed by atoms with E-state index in [1.807, 2.05) is 57.2 Å². The molecule has 1 atom stereocenters. The summed E-state index contributed by atoms with van der Waals surface area (Å²) in [5.41, 5.74) is 1.62. The lowest BCUT2D eigenvalue weighted by Crippen LogP contribution is -2.24. The van der Waals surface area contributed by atoms with E-state index < -0.39 is 22.0 Å². The number of carbonyl (C=O) groups excluding carboxylic acids is 1.